The highest BCUT2D eigenvalue weighted by Crippen LogP contribution is 2.35. The summed E-state index contributed by atoms with van der Waals surface area (Å²) in [5.41, 5.74) is 2.75. The Kier molecular flexibility index (Phi) is 4.27. The average molecular weight is 275 g/mol. The maximum atomic E-state index is 5.78. The van der Waals surface area contributed by atoms with Crippen molar-refractivity contribution in [1.29, 1.82) is 0 Å². The van der Waals surface area contributed by atoms with Crippen molar-refractivity contribution in [2.24, 2.45) is 5.92 Å². The molecule has 0 bridgehead atoms. The van der Waals surface area contributed by atoms with Gasteiger partial charge in [-0.25, -0.2) is 0 Å². The molecule has 1 fully saturated rings. The first-order chi connectivity index (χ1) is 9.78. The van der Waals surface area contributed by atoms with Gasteiger partial charge in [0.15, 0.2) is 0 Å². The molecule has 0 radical (unpaired) electrons. The van der Waals surface area contributed by atoms with E-state index in [-0.39, 0.29) is 0 Å². The third-order valence-corrected chi connectivity index (χ3v) is 4.39. The molecule has 3 heteroatoms. The molecule has 0 amide bonds. The molecule has 3 rings (SSSR count). The van der Waals surface area contributed by atoms with Crippen LogP contribution in [-0.4, -0.2) is 25.9 Å². The van der Waals surface area contributed by atoms with E-state index in [2.05, 4.69) is 37.4 Å². The van der Waals surface area contributed by atoms with Crippen LogP contribution < -0.4 is 10.1 Å². The van der Waals surface area contributed by atoms with Gasteiger partial charge in [0.1, 0.15) is 5.75 Å². The number of nitrogens with one attached hydrogen (secondary N) is 1. The van der Waals surface area contributed by atoms with Crippen molar-refractivity contribution in [3.05, 3.63) is 29.3 Å². The monoisotopic (exact) mass is 275 g/mol. The van der Waals surface area contributed by atoms with E-state index in [0.29, 0.717) is 18.1 Å². The molecule has 110 valence electrons. The fraction of sp³-hybridized carbons (Fsp3) is 0.647. The molecular formula is C17H25NO2. The van der Waals surface area contributed by atoms with E-state index in [1.54, 1.807) is 0 Å². The van der Waals surface area contributed by atoms with Crippen LogP contribution in [0.25, 0.3) is 0 Å². The Balaban J connectivity index is 1.80. The van der Waals surface area contributed by atoms with E-state index in [1.165, 1.54) is 11.1 Å². The SMILES string of the molecule is CCCNC(c1ccc2c(c1)CCO2)C1COC(C)C1. The molecule has 3 atom stereocenters. The zero-order chi connectivity index (χ0) is 13.9. The highest BCUT2D eigenvalue weighted by Gasteiger charge is 2.30. The minimum absolute atomic E-state index is 0.392. The molecule has 2 aliphatic rings. The second-order valence-electron chi connectivity index (χ2n) is 6.04. The molecule has 20 heavy (non-hydrogen) atoms. The largest absolute Gasteiger partial charge is 0.493 e. The maximum absolute atomic E-state index is 5.78. The van der Waals surface area contributed by atoms with E-state index in [4.69, 9.17) is 9.47 Å². The van der Waals surface area contributed by atoms with Crippen LogP contribution in [0.2, 0.25) is 0 Å². The predicted molar refractivity (Wildman–Crippen MR) is 80.2 cm³/mol. The first-order valence-corrected chi connectivity index (χ1v) is 7.88. The van der Waals surface area contributed by atoms with Crippen LogP contribution >= 0.6 is 0 Å². The third-order valence-electron chi connectivity index (χ3n) is 4.39. The van der Waals surface area contributed by atoms with Crippen LogP contribution in [0.4, 0.5) is 0 Å². The van der Waals surface area contributed by atoms with Crippen molar-refractivity contribution in [3.8, 4) is 5.75 Å². The molecule has 0 aliphatic carbocycles. The minimum Gasteiger partial charge on any atom is -0.493 e. The Morgan fingerprint density at radius 3 is 3.05 bits per heavy atom. The van der Waals surface area contributed by atoms with Crippen molar-refractivity contribution in [1.82, 2.24) is 5.32 Å². The molecule has 0 aromatic heterocycles. The lowest BCUT2D eigenvalue weighted by Crippen LogP contribution is -2.29. The highest BCUT2D eigenvalue weighted by molar-refractivity contribution is 5.41. The van der Waals surface area contributed by atoms with Gasteiger partial charge in [0.25, 0.3) is 0 Å². The van der Waals surface area contributed by atoms with Gasteiger partial charge in [0.2, 0.25) is 0 Å². The lowest BCUT2D eigenvalue weighted by molar-refractivity contribution is 0.117. The topological polar surface area (TPSA) is 30.5 Å². The number of ether oxygens (including phenoxy) is 2. The lowest BCUT2D eigenvalue weighted by Gasteiger charge is -2.25. The predicted octanol–water partition coefficient (Wildman–Crippen LogP) is 3.09. The molecule has 0 spiro atoms. The van der Waals surface area contributed by atoms with Gasteiger partial charge < -0.3 is 14.8 Å². The van der Waals surface area contributed by atoms with Crippen LogP contribution in [0, 0.1) is 5.92 Å². The lowest BCUT2D eigenvalue weighted by atomic mass is 9.89. The third kappa shape index (κ3) is 2.84. The molecule has 1 N–H and O–H groups in total. The van der Waals surface area contributed by atoms with Crippen LogP contribution in [0.1, 0.15) is 43.9 Å². The summed E-state index contributed by atoms with van der Waals surface area (Å²) in [4.78, 5) is 0. The fourth-order valence-electron chi connectivity index (χ4n) is 3.34. The molecule has 1 aromatic rings. The summed E-state index contributed by atoms with van der Waals surface area (Å²) in [6.45, 7) is 7.15. The number of hydrogen-bond acceptors (Lipinski definition) is 3. The summed E-state index contributed by atoms with van der Waals surface area (Å²) in [7, 11) is 0. The fourth-order valence-corrected chi connectivity index (χ4v) is 3.34. The second-order valence-corrected chi connectivity index (χ2v) is 6.04. The first-order valence-electron chi connectivity index (χ1n) is 7.88. The van der Waals surface area contributed by atoms with E-state index in [1.807, 2.05) is 0 Å². The zero-order valence-electron chi connectivity index (χ0n) is 12.5. The van der Waals surface area contributed by atoms with Crippen molar-refractivity contribution in [2.75, 3.05) is 19.8 Å². The summed E-state index contributed by atoms with van der Waals surface area (Å²) in [5, 5.41) is 3.72. The quantitative estimate of drug-likeness (QED) is 0.895. The Hall–Kier alpha value is -1.06. The molecule has 1 aromatic carbocycles. The molecule has 2 aliphatic heterocycles. The number of fused-ring (bicyclic) bond motifs is 1. The van der Waals surface area contributed by atoms with E-state index in [9.17, 15) is 0 Å². The number of rotatable bonds is 5. The molecule has 3 nitrogen and oxygen atoms in total. The normalized spacial score (nSPS) is 26.3. The van der Waals surface area contributed by atoms with Crippen LogP contribution in [0.15, 0.2) is 18.2 Å². The summed E-state index contributed by atoms with van der Waals surface area (Å²) in [6, 6.07) is 7.10. The van der Waals surface area contributed by atoms with Crippen molar-refractivity contribution < 1.29 is 9.47 Å². The molecule has 2 heterocycles. The van der Waals surface area contributed by atoms with Gasteiger partial charge in [-0.05, 0) is 43.5 Å². The molecular weight excluding hydrogens is 250 g/mol. The van der Waals surface area contributed by atoms with Gasteiger partial charge in [-0.1, -0.05) is 19.1 Å². The molecule has 1 saturated heterocycles. The van der Waals surface area contributed by atoms with Gasteiger partial charge in [0.05, 0.1) is 19.3 Å². The number of hydrogen-bond donors (Lipinski definition) is 1. The van der Waals surface area contributed by atoms with Crippen molar-refractivity contribution in [3.63, 3.8) is 0 Å². The Labute approximate surface area is 121 Å². The smallest absolute Gasteiger partial charge is 0.122 e. The van der Waals surface area contributed by atoms with Crippen LogP contribution in [0.3, 0.4) is 0 Å². The Morgan fingerprint density at radius 2 is 2.30 bits per heavy atom. The minimum atomic E-state index is 0.392. The molecule has 0 saturated carbocycles. The summed E-state index contributed by atoms with van der Waals surface area (Å²) in [6.07, 6.45) is 3.74. The zero-order valence-corrected chi connectivity index (χ0v) is 12.5. The molecule has 3 unspecified atom stereocenters. The maximum Gasteiger partial charge on any atom is 0.122 e. The van der Waals surface area contributed by atoms with Crippen molar-refractivity contribution in [2.45, 2.75) is 45.3 Å². The van der Waals surface area contributed by atoms with Crippen LogP contribution in [-0.2, 0) is 11.2 Å². The summed E-state index contributed by atoms with van der Waals surface area (Å²) >= 11 is 0. The second kappa shape index (κ2) is 6.15. The van der Waals surface area contributed by atoms with Gasteiger partial charge in [-0.3, -0.25) is 0 Å². The van der Waals surface area contributed by atoms with E-state index in [0.717, 1.165) is 44.8 Å². The Morgan fingerprint density at radius 1 is 1.40 bits per heavy atom. The average Bonchev–Trinajstić information content (AvgIpc) is 3.07. The standard InChI is InChI=1S/C17H25NO2/c1-3-7-18-17(15-9-12(2)20-11-15)14-4-5-16-13(10-14)6-8-19-16/h4-5,10,12,15,17-18H,3,6-9,11H2,1-2H3. The van der Waals surface area contributed by atoms with E-state index < -0.39 is 0 Å². The number of benzene rings is 1. The summed E-state index contributed by atoms with van der Waals surface area (Å²) in [5.74, 6) is 1.65. The summed E-state index contributed by atoms with van der Waals surface area (Å²) < 4.78 is 11.4. The van der Waals surface area contributed by atoms with Crippen molar-refractivity contribution >= 4 is 0 Å². The first kappa shape index (κ1) is 13.9. The van der Waals surface area contributed by atoms with Gasteiger partial charge in [0, 0.05) is 18.4 Å². The van der Waals surface area contributed by atoms with Gasteiger partial charge >= 0.3 is 0 Å². The Bertz CT molecular complexity index is 460. The highest BCUT2D eigenvalue weighted by atomic mass is 16.5. The van der Waals surface area contributed by atoms with E-state index >= 15 is 0 Å². The van der Waals surface area contributed by atoms with Gasteiger partial charge in [-0.2, -0.15) is 0 Å². The van der Waals surface area contributed by atoms with Crippen LogP contribution in [0.5, 0.6) is 5.75 Å². The van der Waals surface area contributed by atoms with Gasteiger partial charge in [-0.15, -0.1) is 0 Å².